The molecule has 0 saturated heterocycles. The molecule has 0 fully saturated rings. The Hall–Kier alpha value is -1.46. The van der Waals surface area contributed by atoms with Crippen molar-refractivity contribution in [3.8, 4) is 5.75 Å². The fourth-order valence-corrected chi connectivity index (χ4v) is 2.80. The van der Waals surface area contributed by atoms with Gasteiger partial charge in [-0.15, -0.1) is 5.10 Å². The number of hydrogen-bond donors (Lipinski definition) is 1. The van der Waals surface area contributed by atoms with E-state index >= 15 is 0 Å². The Bertz CT molecular complexity index is 561. The molecule has 19 heavy (non-hydrogen) atoms. The van der Waals surface area contributed by atoms with Gasteiger partial charge in [0.2, 0.25) is 0 Å². The summed E-state index contributed by atoms with van der Waals surface area (Å²) in [6.45, 7) is 6.17. The normalized spacial score (nSPS) is 13.3. The van der Waals surface area contributed by atoms with Gasteiger partial charge in [0.05, 0.1) is 17.7 Å². The molecule has 102 valence electrons. The van der Waals surface area contributed by atoms with E-state index in [4.69, 9.17) is 4.74 Å². The minimum absolute atomic E-state index is 0.147. The molecule has 0 spiro atoms. The Morgan fingerprint density at radius 1 is 1.26 bits per heavy atom. The molecule has 2 aromatic rings. The highest BCUT2D eigenvalue weighted by Crippen LogP contribution is 2.36. The number of aliphatic hydroxyl groups excluding tert-OH is 1. The lowest BCUT2D eigenvalue weighted by Gasteiger charge is -2.20. The summed E-state index contributed by atoms with van der Waals surface area (Å²) >= 11 is 1.23. The van der Waals surface area contributed by atoms with Crippen molar-refractivity contribution in [1.82, 2.24) is 9.59 Å². The zero-order chi connectivity index (χ0) is 14.0. The standard InChI is InChI=1S/C14H18N2O2S/c1-14(2,3)13-12(19-16-15-13)11(17)9-7-5-6-8-10(9)18-4/h5-8,11,17H,1-4H3. The third kappa shape index (κ3) is 2.77. The number of benzene rings is 1. The van der Waals surface area contributed by atoms with E-state index in [9.17, 15) is 5.11 Å². The van der Waals surface area contributed by atoms with Crippen LogP contribution in [0.2, 0.25) is 0 Å². The number of aromatic nitrogens is 2. The lowest BCUT2D eigenvalue weighted by molar-refractivity contribution is 0.215. The smallest absolute Gasteiger partial charge is 0.125 e. The Labute approximate surface area is 117 Å². The number of ether oxygens (including phenoxy) is 1. The minimum atomic E-state index is -0.759. The first-order chi connectivity index (χ1) is 8.95. The summed E-state index contributed by atoms with van der Waals surface area (Å²) in [7, 11) is 1.60. The first-order valence-corrected chi connectivity index (χ1v) is 6.86. The van der Waals surface area contributed by atoms with Gasteiger partial charge < -0.3 is 9.84 Å². The molecule has 0 saturated carbocycles. The number of nitrogens with zero attached hydrogens (tertiary/aromatic N) is 2. The SMILES string of the molecule is COc1ccccc1C(O)c1snnc1C(C)(C)C. The Balaban J connectivity index is 2.45. The van der Waals surface area contributed by atoms with Crippen molar-refractivity contribution in [2.24, 2.45) is 0 Å². The average molecular weight is 278 g/mol. The van der Waals surface area contributed by atoms with Crippen molar-refractivity contribution in [3.63, 3.8) is 0 Å². The average Bonchev–Trinajstić information content (AvgIpc) is 2.87. The van der Waals surface area contributed by atoms with Crippen molar-refractivity contribution in [1.29, 1.82) is 0 Å². The second-order valence-electron chi connectivity index (χ2n) is 5.38. The van der Waals surface area contributed by atoms with Crippen LogP contribution in [0.5, 0.6) is 5.75 Å². The Morgan fingerprint density at radius 2 is 1.95 bits per heavy atom. The van der Waals surface area contributed by atoms with Crippen molar-refractivity contribution in [2.75, 3.05) is 7.11 Å². The number of para-hydroxylation sites is 1. The van der Waals surface area contributed by atoms with Crippen molar-refractivity contribution in [3.05, 3.63) is 40.4 Å². The zero-order valence-corrected chi connectivity index (χ0v) is 12.4. The number of methoxy groups -OCH3 is 1. The van der Waals surface area contributed by atoms with Gasteiger partial charge in [-0.2, -0.15) is 0 Å². The zero-order valence-electron chi connectivity index (χ0n) is 11.5. The second kappa shape index (κ2) is 5.27. The van der Waals surface area contributed by atoms with Gasteiger partial charge in [0.1, 0.15) is 11.9 Å². The van der Waals surface area contributed by atoms with Crippen LogP contribution in [-0.4, -0.2) is 21.8 Å². The van der Waals surface area contributed by atoms with E-state index in [1.54, 1.807) is 7.11 Å². The molecule has 1 N–H and O–H groups in total. The van der Waals surface area contributed by atoms with E-state index in [0.29, 0.717) is 5.75 Å². The quantitative estimate of drug-likeness (QED) is 0.938. The highest BCUT2D eigenvalue weighted by molar-refractivity contribution is 7.05. The summed E-state index contributed by atoms with van der Waals surface area (Å²) in [6, 6.07) is 7.45. The molecule has 5 heteroatoms. The minimum Gasteiger partial charge on any atom is -0.496 e. The van der Waals surface area contributed by atoms with E-state index in [1.165, 1.54) is 11.5 Å². The molecular formula is C14H18N2O2S. The van der Waals surface area contributed by atoms with Gasteiger partial charge in [-0.3, -0.25) is 0 Å². The molecule has 1 aromatic heterocycles. The van der Waals surface area contributed by atoms with Gasteiger partial charge in [-0.05, 0) is 17.6 Å². The molecule has 1 aromatic carbocycles. The molecule has 0 bridgehead atoms. The summed E-state index contributed by atoms with van der Waals surface area (Å²) in [5, 5.41) is 14.7. The van der Waals surface area contributed by atoms with Crippen molar-refractivity contribution in [2.45, 2.75) is 32.3 Å². The highest BCUT2D eigenvalue weighted by Gasteiger charge is 2.28. The lowest BCUT2D eigenvalue weighted by Crippen LogP contribution is -2.16. The van der Waals surface area contributed by atoms with Crippen LogP contribution in [0.3, 0.4) is 0 Å². The van der Waals surface area contributed by atoms with Gasteiger partial charge in [-0.1, -0.05) is 43.5 Å². The summed E-state index contributed by atoms with van der Waals surface area (Å²) in [4.78, 5) is 0.775. The molecule has 0 aliphatic rings. The summed E-state index contributed by atoms with van der Waals surface area (Å²) < 4.78 is 9.28. The van der Waals surface area contributed by atoms with E-state index in [2.05, 4.69) is 30.4 Å². The van der Waals surface area contributed by atoms with Gasteiger partial charge in [0.25, 0.3) is 0 Å². The van der Waals surface area contributed by atoms with Crippen molar-refractivity contribution >= 4 is 11.5 Å². The third-order valence-corrected chi connectivity index (χ3v) is 3.68. The van der Waals surface area contributed by atoms with Crippen LogP contribution in [0.1, 0.15) is 43.0 Å². The largest absolute Gasteiger partial charge is 0.496 e. The predicted octanol–water partition coefficient (Wildman–Crippen LogP) is 2.93. The van der Waals surface area contributed by atoms with Crippen molar-refractivity contribution < 1.29 is 9.84 Å². The molecule has 1 unspecified atom stereocenters. The topological polar surface area (TPSA) is 55.2 Å². The molecule has 0 aliphatic heterocycles. The molecule has 0 amide bonds. The van der Waals surface area contributed by atoms with E-state index in [0.717, 1.165) is 16.1 Å². The Kier molecular flexibility index (Phi) is 3.87. The molecule has 0 aliphatic carbocycles. The van der Waals surface area contributed by atoms with E-state index in [-0.39, 0.29) is 5.41 Å². The van der Waals surface area contributed by atoms with Crippen LogP contribution in [0.25, 0.3) is 0 Å². The maximum absolute atomic E-state index is 10.6. The second-order valence-corrected chi connectivity index (χ2v) is 6.17. The summed E-state index contributed by atoms with van der Waals surface area (Å²) in [5.74, 6) is 0.670. The van der Waals surface area contributed by atoms with Crippen LogP contribution in [0.4, 0.5) is 0 Å². The Morgan fingerprint density at radius 3 is 2.58 bits per heavy atom. The molecule has 2 rings (SSSR count). The molecule has 1 heterocycles. The fourth-order valence-electron chi connectivity index (χ4n) is 1.93. The first kappa shape index (κ1) is 14.0. The predicted molar refractivity (Wildman–Crippen MR) is 75.7 cm³/mol. The molecule has 4 nitrogen and oxygen atoms in total. The summed E-state index contributed by atoms with van der Waals surface area (Å²) in [5.41, 5.74) is 1.42. The van der Waals surface area contributed by atoms with Crippen LogP contribution in [0.15, 0.2) is 24.3 Å². The number of hydrogen-bond acceptors (Lipinski definition) is 5. The van der Waals surface area contributed by atoms with Gasteiger partial charge in [0, 0.05) is 11.0 Å². The number of rotatable bonds is 3. The third-order valence-electron chi connectivity index (χ3n) is 2.91. The monoisotopic (exact) mass is 278 g/mol. The maximum Gasteiger partial charge on any atom is 0.125 e. The highest BCUT2D eigenvalue weighted by atomic mass is 32.1. The van der Waals surface area contributed by atoms with Crippen LogP contribution >= 0.6 is 11.5 Å². The van der Waals surface area contributed by atoms with E-state index < -0.39 is 6.10 Å². The fraction of sp³-hybridized carbons (Fsp3) is 0.429. The van der Waals surface area contributed by atoms with Crippen LogP contribution in [0, 0.1) is 0 Å². The lowest BCUT2D eigenvalue weighted by atomic mass is 9.89. The van der Waals surface area contributed by atoms with Gasteiger partial charge >= 0.3 is 0 Å². The molecular weight excluding hydrogens is 260 g/mol. The molecule has 0 radical (unpaired) electrons. The molecule has 1 atom stereocenters. The van der Waals surface area contributed by atoms with Crippen LogP contribution < -0.4 is 4.74 Å². The number of aliphatic hydroxyl groups is 1. The first-order valence-electron chi connectivity index (χ1n) is 6.09. The van der Waals surface area contributed by atoms with E-state index in [1.807, 2.05) is 24.3 Å². The van der Waals surface area contributed by atoms with Gasteiger partial charge in [0.15, 0.2) is 0 Å². The van der Waals surface area contributed by atoms with Crippen LogP contribution in [-0.2, 0) is 5.41 Å². The maximum atomic E-state index is 10.6. The summed E-state index contributed by atoms with van der Waals surface area (Å²) in [6.07, 6.45) is -0.759. The van der Waals surface area contributed by atoms with Gasteiger partial charge in [-0.25, -0.2) is 0 Å².